The largest absolute Gasteiger partial charge is 0.460 e. The summed E-state index contributed by atoms with van der Waals surface area (Å²) in [5.74, 6) is -22.2. The molecular weight excluding hydrogens is 410 g/mol. The summed E-state index contributed by atoms with van der Waals surface area (Å²) >= 11 is 0. The lowest BCUT2D eigenvalue weighted by atomic mass is 9.99. The highest BCUT2D eigenvalue weighted by atomic mass is 19.4. The van der Waals surface area contributed by atoms with E-state index in [4.69, 9.17) is 0 Å². The van der Waals surface area contributed by atoms with Gasteiger partial charge in [-0.3, -0.25) is 4.68 Å². The highest BCUT2D eigenvalue weighted by Crippen LogP contribution is 2.56. The Morgan fingerprint density at radius 2 is 1.29 bits per heavy atom. The second kappa shape index (κ2) is 8.48. The highest BCUT2D eigenvalue weighted by Gasteiger charge is 2.83. The van der Waals surface area contributed by atoms with Crippen LogP contribution in [0.1, 0.15) is 56.8 Å². The molecule has 0 unspecified atom stereocenters. The normalized spacial score (nSPS) is 14.0. The number of aryl methyl sites for hydroxylation is 2. The van der Waals surface area contributed by atoms with Crippen molar-refractivity contribution in [2.24, 2.45) is 7.05 Å². The van der Waals surface area contributed by atoms with Crippen LogP contribution in [0.15, 0.2) is 0 Å². The SMILES string of the molecule is CCCCCCCCc1nn(C)c(C(F)(F)C(F)(F)C(F)(F)C(F)(F)F)c1F. The minimum absolute atomic E-state index is 0.123. The third-order valence-corrected chi connectivity index (χ3v) is 4.26. The maximum atomic E-state index is 14.2. The molecule has 0 aliphatic carbocycles. The second-order valence-electron chi connectivity index (χ2n) is 6.47. The van der Waals surface area contributed by atoms with Crippen LogP contribution >= 0.6 is 0 Å². The van der Waals surface area contributed by atoms with Crippen molar-refractivity contribution in [3.63, 3.8) is 0 Å². The van der Waals surface area contributed by atoms with E-state index < -0.39 is 41.1 Å². The van der Waals surface area contributed by atoms with Gasteiger partial charge in [0.1, 0.15) is 5.69 Å². The van der Waals surface area contributed by atoms with E-state index in [0.717, 1.165) is 25.7 Å². The first-order chi connectivity index (χ1) is 12.6. The molecule has 0 N–H and O–H groups in total. The van der Waals surface area contributed by atoms with Crippen LogP contribution in [0.5, 0.6) is 0 Å². The minimum atomic E-state index is -7.08. The van der Waals surface area contributed by atoms with Crippen LogP contribution in [-0.2, 0) is 19.4 Å². The van der Waals surface area contributed by atoms with Gasteiger partial charge in [-0.1, -0.05) is 39.0 Å². The van der Waals surface area contributed by atoms with Gasteiger partial charge in [-0.05, 0) is 12.8 Å². The quantitative estimate of drug-likeness (QED) is 0.311. The second-order valence-corrected chi connectivity index (χ2v) is 6.47. The van der Waals surface area contributed by atoms with Crippen LogP contribution in [0, 0.1) is 5.82 Å². The predicted molar refractivity (Wildman–Crippen MR) is 80.1 cm³/mol. The number of alkyl halides is 9. The van der Waals surface area contributed by atoms with E-state index >= 15 is 0 Å². The zero-order valence-electron chi connectivity index (χ0n) is 15.1. The van der Waals surface area contributed by atoms with Crippen molar-refractivity contribution < 1.29 is 43.9 Å². The topological polar surface area (TPSA) is 17.8 Å². The number of hydrogen-bond acceptors (Lipinski definition) is 1. The van der Waals surface area contributed by atoms with E-state index in [-0.39, 0.29) is 17.5 Å². The van der Waals surface area contributed by atoms with Gasteiger partial charge < -0.3 is 0 Å². The van der Waals surface area contributed by atoms with Crippen LogP contribution in [0.25, 0.3) is 0 Å². The first-order valence-corrected chi connectivity index (χ1v) is 8.54. The van der Waals surface area contributed by atoms with Crippen LogP contribution in [0.3, 0.4) is 0 Å². The lowest BCUT2D eigenvalue weighted by Crippen LogP contribution is -2.60. The van der Waals surface area contributed by atoms with Crippen LogP contribution < -0.4 is 0 Å². The van der Waals surface area contributed by atoms with Gasteiger partial charge in [0.2, 0.25) is 0 Å². The van der Waals surface area contributed by atoms with Gasteiger partial charge in [0.25, 0.3) is 0 Å². The Hall–Kier alpha value is -1.49. The monoisotopic (exact) mass is 430 g/mol. The van der Waals surface area contributed by atoms with E-state index in [1.807, 2.05) is 6.92 Å². The van der Waals surface area contributed by atoms with Gasteiger partial charge in [-0.2, -0.15) is 44.6 Å². The molecule has 0 bridgehead atoms. The highest BCUT2D eigenvalue weighted by molar-refractivity contribution is 5.23. The maximum absolute atomic E-state index is 14.2. The van der Waals surface area contributed by atoms with E-state index in [1.54, 1.807) is 0 Å². The fraction of sp³-hybridized carbons (Fsp3) is 0.812. The smallest absolute Gasteiger partial charge is 0.263 e. The number of hydrogen-bond donors (Lipinski definition) is 0. The number of halogens is 10. The predicted octanol–water partition coefficient (Wildman–Crippen LogP) is 6.39. The van der Waals surface area contributed by atoms with Crippen molar-refractivity contribution in [3.8, 4) is 0 Å². The maximum Gasteiger partial charge on any atom is 0.460 e. The molecule has 1 aromatic heterocycles. The summed E-state index contributed by atoms with van der Waals surface area (Å²) in [5, 5.41) is 3.27. The van der Waals surface area contributed by atoms with E-state index in [2.05, 4.69) is 5.10 Å². The molecular formula is C16H20F10N2. The molecule has 0 aliphatic heterocycles. The molecule has 0 atom stereocenters. The molecule has 0 aromatic carbocycles. The molecule has 1 heterocycles. The van der Waals surface area contributed by atoms with Crippen molar-refractivity contribution in [1.29, 1.82) is 0 Å². The Morgan fingerprint density at radius 1 is 0.786 bits per heavy atom. The summed E-state index contributed by atoms with van der Waals surface area (Å²) in [6, 6.07) is 0. The van der Waals surface area contributed by atoms with Gasteiger partial charge in [0.05, 0.1) is 5.69 Å². The standard InChI is InChI=1S/C16H20F10N2/c1-3-4-5-6-7-8-9-10-11(17)12(28(2)27-10)13(18,19)14(20,21)15(22,23)16(24,25)26/h3-9H2,1-2H3. The molecule has 164 valence electrons. The summed E-state index contributed by atoms with van der Waals surface area (Å²) < 4.78 is 132. The molecule has 28 heavy (non-hydrogen) atoms. The minimum Gasteiger partial charge on any atom is -0.263 e. The van der Waals surface area contributed by atoms with Gasteiger partial charge in [-0.25, -0.2) is 4.39 Å². The number of rotatable bonds is 10. The third kappa shape index (κ3) is 4.40. The number of unbranched alkanes of at least 4 members (excludes halogenated alkanes) is 5. The molecule has 2 nitrogen and oxygen atoms in total. The van der Waals surface area contributed by atoms with Crippen molar-refractivity contribution in [2.75, 3.05) is 0 Å². The van der Waals surface area contributed by atoms with E-state index in [0.29, 0.717) is 13.5 Å². The van der Waals surface area contributed by atoms with Crippen molar-refractivity contribution >= 4 is 0 Å². The Morgan fingerprint density at radius 3 is 1.79 bits per heavy atom. The van der Waals surface area contributed by atoms with E-state index in [9.17, 15) is 43.9 Å². The Balaban J connectivity index is 3.11. The Bertz CT molecular complexity index is 649. The number of nitrogens with zero attached hydrogens (tertiary/aromatic N) is 2. The summed E-state index contributed by atoms with van der Waals surface area (Å²) in [6.07, 6.45) is -2.84. The average molecular weight is 430 g/mol. The molecule has 0 saturated heterocycles. The van der Waals surface area contributed by atoms with Gasteiger partial charge >= 0.3 is 23.9 Å². The Kier molecular flexibility index (Phi) is 7.43. The van der Waals surface area contributed by atoms with Crippen molar-refractivity contribution in [1.82, 2.24) is 9.78 Å². The summed E-state index contributed by atoms with van der Waals surface area (Å²) in [4.78, 5) is 0. The molecule has 0 spiro atoms. The fourth-order valence-electron chi connectivity index (χ4n) is 2.65. The summed E-state index contributed by atoms with van der Waals surface area (Å²) in [5.41, 5.74) is -3.01. The summed E-state index contributed by atoms with van der Waals surface area (Å²) in [6.45, 7) is 1.98. The summed E-state index contributed by atoms with van der Waals surface area (Å²) in [7, 11) is 0.568. The zero-order chi connectivity index (χ0) is 22.0. The first-order valence-electron chi connectivity index (χ1n) is 8.54. The van der Waals surface area contributed by atoms with Gasteiger partial charge in [0, 0.05) is 7.05 Å². The van der Waals surface area contributed by atoms with Gasteiger partial charge in [0.15, 0.2) is 5.82 Å². The van der Waals surface area contributed by atoms with Crippen molar-refractivity contribution in [3.05, 3.63) is 17.2 Å². The van der Waals surface area contributed by atoms with Gasteiger partial charge in [-0.15, -0.1) is 0 Å². The van der Waals surface area contributed by atoms with Crippen LogP contribution in [-0.4, -0.2) is 27.8 Å². The Labute approximate surface area is 154 Å². The molecule has 0 saturated carbocycles. The molecule has 0 radical (unpaired) electrons. The lowest BCUT2D eigenvalue weighted by molar-refractivity contribution is -0.400. The van der Waals surface area contributed by atoms with Crippen LogP contribution in [0.2, 0.25) is 0 Å². The molecule has 0 fully saturated rings. The zero-order valence-corrected chi connectivity index (χ0v) is 15.1. The molecule has 1 aromatic rings. The molecule has 0 amide bonds. The lowest BCUT2D eigenvalue weighted by Gasteiger charge is -2.33. The van der Waals surface area contributed by atoms with Crippen molar-refractivity contribution in [2.45, 2.75) is 75.8 Å². The molecule has 12 heteroatoms. The van der Waals surface area contributed by atoms with Crippen LogP contribution in [0.4, 0.5) is 43.9 Å². The first kappa shape index (κ1) is 24.5. The fourth-order valence-corrected chi connectivity index (χ4v) is 2.65. The van der Waals surface area contributed by atoms with E-state index in [1.165, 1.54) is 0 Å². The third-order valence-electron chi connectivity index (χ3n) is 4.26. The average Bonchev–Trinajstić information content (AvgIpc) is 2.83. The number of aromatic nitrogens is 2. The molecule has 1 rings (SSSR count). The molecule has 0 aliphatic rings.